The summed E-state index contributed by atoms with van der Waals surface area (Å²) in [6, 6.07) is 28.8. The Bertz CT molecular complexity index is 3110. The number of anilines is 2. The first kappa shape index (κ1) is 49.4. The van der Waals surface area contributed by atoms with Crippen LogP contribution in [0.25, 0.3) is 21.1 Å². The summed E-state index contributed by atoms with van der Waals surface area (Å²) in [7, 11) is -8.43. The molecule has 8 aromatic rings. The number of halogens is 1. The molecule has 0 aliphatic heterocycles. The third kappa shape index (κ3) is 12.0. The van der Waals surface area contributed by atoms with Gasteiger partial charge in [0.25, 0.3) is 20.0 Å². The lowest BCUT2D eigenvalue weighted by Gasteiger charge is -2.25. The molecule has 358 valence electrons. The molecule has 0 aliphatic carbocycles. The molecule has 70 heavy (non-hydrogen) atoms. The van der Waals surface area contributed by atoms with Gasteiger partial charge in [0.05, 0.1) is 30.7 Å². The molecule has 2 aromatic carbocycles. The van der Waals surface area contributed by atoms with Gasteiger partial charge in [-0.1, -0.05) is 84.4 Å². The van der Waals surface area contributed by atoms with Gasteiger partial charge >= 0.3 is 11.9 Å². The monoisotopic (exact) mass is 1040 g/mol. The number of nitrogens with zero attached hydrogens (tertiary/aromatic N) is 8. The second kappa shape index (κ2) is 21.7. The summed E-state index contributed by atoms with van der Waals surface area (Å²) < 4.78 is 59.2. The molecule has 6 heterocycles. The van der Waals surface area contributed by atoms with Crippen molar-refractivity contribution in [2.75, 3.05) is 10.6 Å². The predicted molar refractivity (Wildman–Crippen MR) is 265 cm³/mol. The van der Waals surface area contributed by atoms with Crippen LogP contribution in [0.1, 0.15) is 27.4 Å². The van der Waals surface area contributed by atoms with Gasteiger partial charge in [-0.25, -0.2) is 56.3 Å². The molecule has 2 unspecified atom stereocenters. The number of nitrogens with one attached hydrogen (secondary N) is 2. The first-order valence-corrected chi connectivity index (χ1v) is 26.0. The summed E-state index contributed by atoms with van der Waals surface area (Å²) in [5.74, 6) is -3.24. The predicted octanol–water partition coefficient (Wildman–Crippen LogP) is 7.69. The van der Waals surface area contributed by atoms with Gasteiger partial charge in [-0.05, 0) is 66.6 Å². The van der Waals surface area contributed by atoms with E-state index >= 15 is 0 Å². The SMILES string of the molecule is Cc1cnc(-c2ccc(CN(Cc3cccc(NC(C(=O)O)C(Nc4cccc(CN(Cc5ccc(-c6ncc(Cl)s6)cc5)S(=O)(=O)c5ccccn5)n4)C(=O)O)n3)S(=O)(=O)c3ccccn3)cc2)s1. The van der Waals surface area contributed by atoms with Crippen molar-refractivity contribution in [2.45, 2.75) is 55.2 Å². The summed E-state index contributed by atoms with van der Waals surface area (Å²) in [6.07, 6.45) is 6.06. The normalized spacial score (nSPS) is 12.7. The Morgan fingerprint density at radius 2 is 1.01 bits per heavy atom. The third-order valence-corrected chi connectivity index (χ3v) is 16.0. The lowest BCUT2D eigenvalue weighted by atomic mass is 10.1. The molecule has 6 aromatic heterocycles. The number of aromatic nitrogens is 6. The van der Waals surface area contributed by atoms with Crippen molar-refractivity contribution in [2.24, 2.45) is 0 Å². The van der Waals surface area contributed by atoms with Gasteiger partial charge in [0.15, 0.2) is 22.1 Å². The molecule has 4 N–H and O–H groups in total. The smallest absolute Gasteiger partial charge is 0.328 e. The molecular weight excluding hydrogens is 996 g/mol. The summed E-state index contributed by atoms with van der Waals surface area (Å²) in [4.78, 5) is 52.7. The van der Waals surface area contributed by atoms with Crippen molar-refractivity contribution < 1.29 is 36.6 Å². The van der Waals surface area contributed by atoms with E-state index in [2.05, 4.69) is 40.5 Å². The molecule has 2 atom stereocenters. The van der Waals surface area contributed by atoms with E-state index < -0.39 is 44.1 Å². The lowest BCUT2D eigenvalue weighted by Crippen LogP contribution is -2.50. The zero-order valence-corrected chi connectivity index (χ0v) is 40.8. The van der Waals surface area contributed by atoms with Crippen molar-refractivity contribution in [1.82, 2.24) is 38.5 Å². The number of carbonyl (C=O) groups is 2. The van der Waals surface area contributed by atoms with Crippen LogP contribution in [0.5, 0.6) is 0 Å². The van der Waals surface area contributed by atoms with Crippen LogP contribution in [0.2, 0.25) is 4.34 Å². The van der Waals surface area contributed by atoms with Gasteiger partial charge in [-0.2, -0.15) is 8.61 Å². The number of thiazole rings is 2. The second-order valence-corrected chi connectivity index (χ2v) is 22.1. The number of carboxylic acids is 2. The number of sulfonamides is 2. The number of carboxylic acid groups (broad SMARTS) is 2. The van der Waals surface area contributed by atoms with Gasteiger partial charge in [-0.15, -0.1) is 22.7 Å². The van der Waals surface area contributed by atoms with Crippen molar-refractivity contribution in [1.29, 1.82) is 0 Å². The van der Waals surface area contributed by atoms with E-state index in [4.69, 9.17) is 11.6 Å². The molecule has 18 nitrogen and oxygen atoms in total. The molecule has 0 bridgehead atoms. The largest absolute Gasteiger partial charge is 0.480 e. The Morgan fingerprint density at radius 3 is 1.39 bits per heavy atom. The first-order valence-electron chi connectivity index (χ1n) is 21.1. The van der Waals surface area contributed by atoms with E-state index in [1.165, 1.54) is 80.1 Å². The standard InChI is InChI=1S/C47H41ClN10O8S4/c1-30-24-51-44(67-30)33-18-14-31(15-19-33)26-57(69(63,64)40-12-2-4-22-49-40)28-35-8-6-10-38(53-35)55-42(46(59)60)43(47(61)62)56-39-11-7-9-36(54-39)29-58(70(65,66)41-13-3-5-23-50-41)27-32-16-20-34(21-17-32)45-52-25-37(48)68-45/h2-25,42-43H,26-29H2,1H3,(H,53,55)(H,54,56)(H,59,60)(H,61,62). The van der Waals surface area contributed by atoms with Crippen LogP contribution >= 0.6 is 34.3 Å². The fourth-order valence-corrected chi connectivity index (χ4v) is 11.4. The molecule has 0 saturated heterocycles. The topological polar surface area (TPSA) is 251 Å². The average molecular weight is 1040 g/mol. The minimum atomic E-state index is -4.22. The zero-order chi connectivity index (χ0) is 49.4. The fourth-order valence-electron chi connectivity index (χ4n) is 7.06. The number of aliphatic carboxylic acids is 2. The van der Waals surface area contributed by atoms with Crippen molar-refractivity contribution in [3.05, 3.63) is 178 Å². The zero-order valence-electron chi connectivity index (χ0n) is 36.8. The molecular formula is C47H41ClN10O8S4. The van der Waals surface area contributed by atoms with E-state index in [9.17, 15) is 36.6 Å². The Morgan fingerprint density at radius 1 is 0.571 bits per heavy atom. The number of aryl methyl sites for hydroxylation is 1. The number of rotatable bonds is 21. The fraction of sp³-hybridized carbons (Fsp3) is 0.149. The molecule has 0 saturated carbocycles. The van der Waals surface area contributed by atoms with Crippen LogP contribution in [0.4, 0.5) is 11.6 Å². The molecule has 0 amide bonds. The minimum absolute atomic E-state index is 0.0585. The highest BCUT2D eigenvalue weighted by Gasteiger charge is 2.35. The molecule has 0 radical (unpaired) electrons. The van der Waals surface area contributed by atoms with E-state index in [0.29, 0.717) is 20.5 Å². The number of hydrogen-bond donors (Lipinski definition) is 4. The van der Waals surface area contributed by atoms with E-state index in [-0.39, 0.29) is 59.3 Å². The maximum atomic E-state index is 14.1. The summed E-state index contributed by atoms with van der Waals surface area (Å²) in [6.45, 7) is 1.24. The van der Waals surface area contributed by atoms with Crippen LogP contribution in [0.3, 0.4) is 0 Å². The van der Waals surface area contributed by atoms with Gasteiger partial charge in [0.1, 0.15) is 26.0 Å². The van der Waals surface area contributed by atoms with Crippen molar-refractivity contribution in [3.63, 3.8) is 0 Å². The minimum Gasteiger partial charge on any atom is -0.480 e. The van der Waals surface area contributed by atoms with Crippen LogP contribution < -0.4 is 10.6 Å². The van der Waals surface area contributed by atoms with Crippen molar-refractivity contribution in [3.8, 4) is 21.1 Å². The van der Waals surface area contributed by atoms with Crippen LogP contribution in [-0.2, 0) is 55.8 Å². The van der Waals surface area contributed by atoms with Gasteiger partial charge < -0.3 is 20.8 Å². The maximum Gasteiger partial charge on any atom is 0.328 e. The van der Waals surface area contributed by atoms with Gasteiger partial charge in [0.2, 0.25) is 0 Å². The molecule has 0 fully saturated rings. The van der Waals surface area contributed by atoms with E-state index in [1.54, 1.807) is 73.1 Å². The molecule has 0 spiro atoms. The van der Waals surface area contributed by atoms with Gasteiger partial charge in [0, 0.05) is 47.7 Å². The quantitative estimate of drug-likeness (QED) is 0.0538. The Balaban J connectivity index is 1.01. The number of pyridine rings is 4. The molecule has 23 heteroatoms. The first-order chi connectivity index (χ1) is 33.6. The Labute approximate surface area is 415 Å². The lowest BCUT2D eigenvalue weighted by molar-refractivity contribution is -0.145. The Kier molecular flexibility index (Phi) is 15.3. The van der Waals surface area contributed by atoms with Gasteiger partial charge in [-0.3, -0.25) is 0 Å². The summed E-state index contributed by atoms with van der Waals surface area (Å²) in [5.41, 5.74) is 3.38. The Hall–Kier alpha value is -7.05. The van der Waals surface area contributed by atoms with Crippen LogP contribution in [-0.4, -0.2) is 89.6 Å². The number of hydrogen-bond acceptors (Lipinski definition) is 16. The number of benzene rings is 2. The van der Waals surface area contributed by atoms with Crippen molar-refractivity contribution >= 4 is 77.9 Å². The maximum absolute atomic E-state index is 14.1. The molecule has 0 aliphatic rings. The van der Waals surface area contributed by atoms with E-state index in [0.717, 1.165) is 21.0 Å². The third-order valence-electron chi connectivity index (χ3n) is 10.5. The second-order valence-electron chi connectivity index (χ2n) is 15.5. The highest BCUT2D eigenvalue weighted by atomic mass is 35.5. The highest BCUT2D eigenvalue weighted by Crippen LogP contribution is 2.30. The van der Waals surface area contributed by atoms with E-state index in [1.807, 2.05) is 31.2 Å². The average Bonchev–Trinajstić information content (AvgIpc) is 4.01. The van der Waals surface area contributed by atoms with Crippen LogP contribution in [0.15, 0.2) is 156 Å². The molecule has 8 rings (SSSR count). The summed E-state index contributed by atoms with van der Waals surface area (Å²) >= 11 is 8.92. The highest BCUT2D eigenvalue weighted by molar-refractivity contribution is 7.89. The summed E-state index contributed by atoms with van der Waals surface area (Å²) in [5, 5.41) is 27.4. The van der Waals surface area contributed by atoms with Crippen LogP contribution in [0, 0.1) is 6.92 Å².